The lowest BCUT2D eigenvalue weighted by Crippen LogP contribution is -2.37. The van der Waals surface area contributed by atoms with E-state index in [1.165, 1.54) is 29.8 Å². The predicted molar refractivity (Wildman–Crippen MR) is 149 cm³/mol. The molecule has 0 saturated heterocycles. The van der Waals surface area contributed by atoms with Gasteiger partial charge >= 0.3 is 6.18 Å². The fourth-order valence-electron chi connectivity index (χ4n) is 4.29. The van der Waals surface area contributed by atoms with Crippen LogP contribution in [-0.2, 0) is 19.8 Å². The van der Waals surface area contributed by atoms with Crippen LogP contribution >= 0.6 is 0 Å². The van der Waals surface area contributed by atoms with E-state index in [0.717, 1.165) is 11.8 Å². The van der Waals surface area contributed by atoms with Crippen molar-refractivity contribution >= 4 is 5.91 Å². The van der Waals surface area contributed by atoms with Crippen molar-refractivity contribution in [3.05, 3.63) is 95.8 Å². The molecule has 0 aliphatic carbocycles. The van der Waals surface area contributed by atoms with Crippen LogP contribution in [0.25, 0.3) is 11.4 Å². The van der Waals surface area contributed by atoms with Gasteiger partial charge in [0.05, 0.1) is 5.56 Å². The number of nitrogens with two attached hydrogens (primary N) is 1. The number of hydrogen-bond donors (Lipinski definition) is 3. The van der Waals surface area contributed by atoms with E-state index in [4.69, 9.17) is 15.2 Å². The molecule has 4 aromatic rings. The van der Waals surface area contributed by atoms with E-state index in [0.29, 0.717) is 30.2 Å². The van der Waals surface area contributed by atoms with Gasteiger partial charge in [-0.25, -0.2) is 4.98 Å². The van der Waals surface area contributed by atoms with Crippen molar-refractivity contribution in [3.8, 4) is 28.6 Å². The smallest absolute Gasteiger partial charge is 0.434 e. The number of nitrogens with zero attached hydrogens (tertiary/aromatic N) is 3. The van der Waals surface area contributed by atoms with Gasteiger partial charge in [-0.3, -0.25) is 9.69 Å². The number of alkyl halides is 3. The third-order valence-electron chi connectivity index (χ3n) is 6.35. The van der Waals surface area contributed by atoms with E-state index in [1.807, 2.05) is 35.2 Å². The molecule has 0 radical (unpaired) electrons. The lowest BCUT2D eigenvalue weighted by atomic mass is 10.2. The number of halogens is 3. The molecule has 1 heterocycles. The summed E-state index contributed by atoms with van der Waals surface area (Å²) in [5, 5.41) is 20.5. The number of amides is 1. The van der Waals surface area contributed by atoms with Crippen LogP contribution in [0.4, 0.5) is 13.2 Å². The first kappa shape index (κ1) is 30.4. The summed E-state index contributed by atoms with van der Waals surface area (Å²) >= 11 is 0. The molecular formula is C30H31F3N4O5. The Labute approximate surface area is 240 Å². The lowest BCUT2D eigenvalue weighted by Gasteiger charge is -2.25. The molecule has 1 unspecified atom stereocenters. The zero-order chi connectivity index (χ0) is 30.3. The molecule has 3 aromatic carbocycles. The standard InChI is InChI=1S/C30H31F3N4O5/c1-36-18-27(30(31,32)33)35-29(36)21-7-9-23(10-8-21)42-19-22(38)17-37(16-20-5-3-2-4-6-20)13-14-41-24-11-12-26(39)25(15-24)28(34)40/h2-12,15,18,22,38-39H,13-14,16-17,19H2,1H3,(H2,34,40). The zero-order valence-corrected chi connectivity index (χ0v) is 22.8. The van der Waals surface area contributed by atoms with Gasteiger partial charge in [0, 0.05) is 38.4 Å². The van der Waals surface area contributed by atoms with Crippen LogP contribution in [0, 0.1) is 0 Å². The molecule has 0 aliphatic rings. The van der Waals surface area contributed by atoms with E-state index < -0.39 is 23.9 Å². The van der Waals surface area contributed by atoms with Gasteiger partial charge in [0.25, 0.3) is 5.91 Å². The Hall–Kier alpha value is -4.55. The summed E-state index contributed by atoms with van der Waals surface area (Å²) in [5.41, 5.74) is 5.80. The number of ether oxygens (including phenoxy) is 2. The number of aromatic hydroxyl groups is 1. The van der Waals surface area contributed by atoms with E-state index in [2.05, 4.69) is 4.98 Å². The Bertz CT molecular complexity index is 1480. The van der Waals surface area contributed by atoms with Gasteiger partial charge in [-0.15, -0.1) is 0 Å². The number of carbonyl (C=O) groups is 1. The highest BCUT2D eigenvalue weighted by atomic mass is 19.4. The minimum Gasteiger partial charge on any atom is -0.507 e. The molecular weight excluding hydrogens is 553 g/mol. The maximum absolute atomic E-state index is 13.0. The average molecular weight is 585 g/mol. The summed E-state index contributed by atoms with van der Waals surface area (Å²) in [5.74, 6) is -0.0163. The maximum atomic E-state index is 13.0. The number of primary amides is 1. The van der Waals surface area contributed by atoms with E-state index >= 15 is 0 Å². The minimum absolute atomic E-state index is 0.0218. The molecule has 1 atom stereocenters. The van der Waals surface area contributed by atoms with Crippen LogP contribution in [0.2, 0.25) is 0 Å². The zero-order valence-electron chi connectivity index (χ0n) is 22.8. The summed E-state index contributed by atoms with van der Waals surface area (Å²) in [6, 6.07) is 20.4. The minimum atomic E-state index is -4.53. The third kappa shape index (κ3) is 8.24. The largest absolute Gasteiger partial charge is 0.507 e. The van der Waals surface area contributed by atoms with Crippen LogP contribution in [0.15, 0.2) is 79.0 Å². The topological polar surface area (TPSA) is 123 Å². The molecule has 0 aliphatic heterocycles. The summed E-state index contributed by atoms with van der Waals surface area (Å²) in [6.45, 7) is 1.42. The van der Waals surface area contributed by atoms with Gasteiger partial charge in [0.15, 0.2) is 5.69 Å². The Morgan fingerprint density at radius 2 is 1.74 bits per heavy atom. The Morgan fingerprint density at radius 3 is 2.38 bits per heavy atom. The monoisotopic (exact) mass is 584 g/mol. The number of aliphatic hydroxyl groups excluding tert-OH is 1. The van der Waals surface area contributed by atoms with Gasteiger partial charge < -0.3 is 30.0 Å². The lowest BCUT2D eigenvalue weighted by molar-refractivity contribution is -0.140. The van der Waals surface area contributed by atoms with E-state index in [9.17, 15) is 28.2 Å². The van der Waals surface area contributed by atoms with Crippen molar-refractivity contribution in [3.63, 3.8) is 0 Å². The molecule has 0 fully saturated rings. The van der Waals surface area contributed by atoms with Crippen molar-refractivity contribution in [2.24, 2.45) is 12.8 Å². The number of aryl methyl sites for hydroxylation is 1. The highest BCUT2D eigenvalue weighted by molar-refractivity contribution is 5.95. The molecule has 0 bridgehead atoms. The summed E-state index contributed by atoms with van der Waals surface area (Å²) in [7, 11) is 1.49. The SMILES string of the molecule is Cn1cc(C(F)(F)F)nc1-c1ccc(OCC(O)CN(CCOc2ccc(O)c(C(N)=O)c2)Cc2ccccc2)cc1. The molecule has 0 saturated carbocycles. The third-order valence-corrected chi connectivity index (χ3v) is 6.35. The van der Waals surface area contributed by atoms with Crippen LogP contribution in [0.3, 0.4) is 0 Å². The van der Waals surface area contributed by atoms with E-state index in [1.54, 1.807) is 24.3 Å². The number of imidazole rings is 1. The number of aromatic nitrogens is 2. The number of hydrogen-bond acceptors (Lipinski definition) is 7. The predicted octanol–water partition coefficient (Wildman–Crippen LogP) is 4.23. The second kappa shape index (κ2) is 13.4. The van der Waals surface area contributed by atoms with Crippen LogP contribution in [-0.4, -0.2) is 63.0 Å². The molecule has 1 amide bonds. The van der Waals surface area contributed by atoms with Crippen LogP contribution in [0.1, 0.15) is 21.6 Å². The maximum Gasteiger partial charge on any atom is 0.434 e. The highest BCUT2D eigenvalue weighted by Crippen LogP contribution is 2.31. The Kier molecular flexibility index (Phi) is 9.71. The Morgan fingerprint density at radius 1 is 1.05 bits per heavy atom. The van der Waals surface area contributed by atoms with Gasteiger partial charge in [0.2, 0.25) is 0 Å². The van der Waals surface area contributed by atoms with Crippen molar-refractivity contribution in [2.45, 2.75) is 18.8 Å². The molecule has 1 aromatic heterocycles. The van der Waals surface area contributed by atoms with Crippen molar-refractivity contribution in [1.82, 2.24) is 14.5 Å². The van der Waals surface area contributed by atoms with Gasteiger partial charge in [-0.05, 0) is 48.0 Å². The molecule has 42 heavy (non-hydrogen) atoms. The van der Waals surface area contributed by atoms with Gasteiger partial charge in [-0.2, -0.15) is 13.2 Å². The number of aliphatic hydroxyl groups is 1. The second-order valence-corrected chi connectivity index (χ2v) is 9.66. The van der Waals surface area contributed by atoms with Crippen LogP contribution < -0.4 is 15.2 Å². The van der Waals surface area contributed by atoms with E-state index in [-0.39, 0.29) is 36.9 Å². The van der Waals surface area contributed by atoms with Crippen molar-refractivity contribution in [2.75, 3.05) is 26.3 Å². The fraction of sp³-hybridized carbons (Fsp3) is 0.267. The summed E-state index contributed by atoms with van der Waals surface area (Å²) < 4.78 is 51.8. The summed E-state index contributed by atoms with van der Waals surface area (Å²) in [6.07, 6.45) is -4.46. The molecule has 4 N–H and O–H groups in total. The number of phenols is 1. The van der Waals surface area contributed by atoms with Crippen LogP contribution in [0.5, 0.6) is 17.2 Å². The quantitative estimate of drug-likeness (QED) is 0.215. The van der Waals surface area contributed by atoms with Gasteiger partial charge in [-0.1, -0.05) is 30.3 Å². The molecule has 9 nitrogen and oxygen atoms in total. The molecule has 0 spiro atoms. The first-order valence-electron chi connectivity index (χ1n) is 13.0. The summed E-state index contributed by atoms with van der Waals surface area (Å²) in [4.78, 5) is 17.2. The number of carbonyl (C=O) groups excluding carboxylic acids is 1. The molecule has 12 heteroatoms. The second-order valence-electron chi connectivity index (χ2n) is 9.66. The first-order valence-corrected chi connectivity index (χ1v) is 13.0. The molecule has 4 rings (SSSR count). The molecule has 222 valence electrons. The number of benzene rings is 3. The Balaban J connectivity index is 1.34. The number of rotatable bonds is 13. The average Bonchev–Trinajstić information content (AvgIpc) is 3.35. The highest BCUT2D eigenvalue weighted by Gasteiger charge is 2.34. The fourth-order valence-corrected chi connectivity index (χ4v) is 4.29. The van der Waals surface area contributed by atoms with Crippen molar-refractivity contribution in [1.29, 1.82) is 0 Å². The first-order chi connectivity index (χ1) is 20.0. The normalized spacial score (nSPS) is 12.3. The van der Waals surface area contributed by atoms with Gasteiger partial charge in [0.1, 0.15) is 42.4 Å². The van der Waals surface area contributed by atoms with Crippen molar-refractivity contribution < 1.29 is 37.7 Å².